The summed E-state index contributed by atoms with van der Waals surface area (Å²) in [4.78, 5) is 45.9. The van der Waals surface area contributed by atoms with Gasteiger partial charge in [-0.15, -0.1) is 0 Å². The molecule has 3 heterocycles. The molecule has 1 amide bonds. The lowest BCUT2D eigenvalue weighted by atomic mass is 9.86. The Balaban J connectivity index is 1.52. The maximum Gasteiger partial charge on any atom is 0.408 e. The van der Waals surface area contributed by atoms with Gasteiger partial charge >= 0.3 is 18.0 Å². The van der Waals surface area contributed by atoms with Crippen molar-refractivity contribution in [3.8, 4) is 5.75 Å². The summed E-state index contributed by atoms with van der Waals surface area (Å²) in [6, 6.07) is 22.8. The Bertz CT molecular complexity index is 2640. The van der Waals surface area contributed by atoms with E-state index in [0.717, 1.165) is 30.9 Å². The van der Waals surface area contributed by atoms with Crippen LogP contribution in [0.3, 0.4) is 0 Å². The van der Waals surface area contributed by atoms with Crippen LogP contribution < -0.4 is 10.1 Å². The highest BCUT2D eigenvalue weighted by Crippen LogP contribution is 2.43. The van der Waals surface area contributed by atoms with Crippen molar-refractivity contribution in [3.05, 3.63) is 112 Å². The van der Waals surface area contributed by atoms with E-state index < -0.39 is 168 Å². The molecule has 86 heavy (non-hydrogen) atoms. The molecule has 0 saturated carbocycles. The van der Waals surface area contributed by atoms with E-state index >= 15 is 0 Å². The predicted molar refractivity (Wildman–Crippen MR) is 304 cm³/mol. The molecular formula is C58H84N4O23Si. The molecule has 17 atom stereocenters. The minimum absolute atomic E-state index is 0.0283. The number of alkyl carbamates (subject to hydrolysis) is 1. The summed E-state index contributed by atoms with van der Waals surface area (Å²) in [6.07, 6.45) is -25.8. The van der Waals surface area contributed by atoms with Crippen LogP contribution in [0.25, 0.3) is 10.4 Å². The highest BCUT2D eigenvalue weighted by molar-refractivity contribution is 6.76. The van der Waals surface area contributed by atoms with Gasteiger partial charge in [0.25, 0.3) is 11.6 Å². The normalized spacial score (nSPS) is 29.3. The molecular weight excluding hydrogens is 1150 g/mol. The molecule has 3 saturated heterocycles. The fourth-order valence-electron chi connectivity index (χ4n) is 9.99. The van der Waals surface area contributed by atoms with Gasteiger partial charge in [-0.3, -0.25) is 0 Å². The second-order valence-electron chi connectivity index (χ2n) is 23.3. The molecule has 478 valence electrons. The van der Waals surface area contributed by atoms with Gasteiger partial charge in [-0.25, -0.2) is 14.4 Å². The van der Waals surface area contributed by atoms with Gasteiger partial charge in [0, 0.05) is 32.4 Å². The zero-order chi connectivity index (χ0) is 63.0. The number of azide groups is 1. The van der Waals surface area contributed by atoms with Crippen LogP contribution in [0.15, 0.2) is 90.0 Å². The molecule has 0 aliphatic carbocycles. The number of aliphatic hydroxyl groups is 7. The van der Waals surface area contributed by atoms with Gasteiger partial charge in [0.1, 0.15) is 72.4 Å². The van der Waals surface area contributed by atoms with Crippen LogP contribution in [-0.2, 0) is 86.3 Å². The summed E-state index contributed by atoms with van der Waals surface area (Å²) in [5, 5.41) is 83.1. The summed E-state index contributed by atoms with van der Waals surface area (Å²) >= 11 is 0. The Kier molecular flexibility index (Phi) is 25.6. The van der Waals surface area contributed by atoms with Crippen molar-refractivity contribution >= 4 is 26.1 Å². The predicted octanol–water partition coefficient (Wildman–Crippen LogP) is 2.91. The lowest BCUT2D eigenvalue weighted by molar-refractivity contribution is -0.368. The molecule has 3 aromatic carbocycles. The van der Waals surface area contributed by atoms with E-state index in [2.05, 4.69) is 35.0 Å². The number of nitrogens with zero attached hydrogens (tertiary/aromatic N) is 3. The summed E-state index contributed by atoms with van der Waals surface area (Å²) in [5.74, 6) is -8.01. The van der Waals surface area contributed by atoms with Crippen LogP contribution in [0.2, 0.25) is 25.7 Å². The van der Waals surface area contributed by atoms with E-state index in [1.165, 1.54) is 20.8 Å². The monoisotopic (exact) mass is 1230 g/mol. The third kappa shape index (κ3) is 18.6. The first-order valence-electron chi connectivity index (χ1n) is 28.2. The molecule has 6 rings (SSSR count). The highest BCUT2D eigenvalue weighted by Gasteiger charge is 2.63. The average Bonchev–Trinajstić information content (AvgIpc) is 0.801. The van der Waals surface area contributed by atoms with Crippen molar-refractivity contribution in [3.63, 3.8) is 0 Å². The number of carbonyl (C=O) groups is 3. The van der Waals surface area contributed by atoms with Crippen LogP contribution in [0.4, 0.5) is 4.79 Å². The Hall–Kier alpha value is -5.44. The van der Waals surface area contributed by atoms with Gasteiger partial charge in [-0.05, 0) is 61.2 Å². The Morgan fingerprint density at radius 2 is 1.26 bits per heavy atom. The van der Waals surface area contributed by atoms with Gasteiger partial charge in [0.15, 0.2) is 6.29 Å². The van der Waals surface area contributed by atoms with E-state index in [0.29, 0.717) is 11.8 Å². The molecule has 0 aromatic heterocycles. The first kappa shape index (κ1) is 69.7. The molecule has 0 radical (unpaired) electrons. The fourth-order valence-corrected chi connectivity index (χ4v) is 10.7. The number of nitrogens with one attached hydrogen (secondary N) is 1. The van der Waals surface area contributed by atoms with Gasteiger partial charge in [0.2, 0.25) is 0 Å². The molecule has 3 aliphatic heterocycles. The number of esters is 2. The van der Waals surface area contributed by atoms with Crippen molar-refractivity contribution in [2.45, 2.75) is 188 Å². The fraction of sp³-hybridized carbons (Fsp3) is 0.638. The molecule has 0 spiro atoms. The number of amides is 1. The largest absolute Gasteiger partial charge is 0.497 e. The van der Waals surface area contributed by atoms with E-state index in [9.17, 15) is 55.7 Å². The summed E-state index contributed by atoms with van der Waals surface area (Å²) < 4.78 is 81.4. The molecule has 28 heteroatoms. The number of benzene rings is 3. The van der Waals surface area contributed by atoms with Crippen molar-refractivity contribution in [1.82, 2.24) is 5.32 Å². The smallest absolute Gasteiger partial charge is 0.408 e. The topological polar surface area (TPSA) is 374 Å². The van der Waals surface area contributed by atoms with Gasteiger partial charge < -0.3 is 103 Å². The number of aliphatic hydroxyl groups excluding tert-OH is 7. The Morgan fingerprint density at radius 3 is 1.78 bits per heavy atom. The quantitative estimate of drug-likeness (QED) is 0.0124. The maximum atomic E-state index is 14.9. The molecule has 3 fully saturated rings. The number of ether oxygens (including phenoxy) is 13. The average molecular weight is 1230 g/mol. The van der Waals surface area contributed by atoms with Gasteiger partial charge in [0.05, 0.1) is 85.3 Å². The van der Waals surface area contributed by atoms with Crippen LogP contribution >= 0.6 is 0 Å². The van der Waals surface area contributed by atoms with Crippen molar-refractivity contribution in [1.29, 1.82) is 0 Å². The number of rotatable bonds is 29. The van der Waals surface area contributed by atoms with E-state index in [1.54, 1.807) is 19.2 Å². The number of methoxy groups -OCH3 is 3. The molecule has 0 bridgehead atoms. The van der Waals surface area contributed by atoms with E-state index in [-0.39, 0.29) is 26.4 Å². The minimum Gasteiger partial charge on any atom is -0.497 e. The second-order valence-corrected chi connectivity index (χ2v) is 28.9. The number of hydrogen-bond donors (Lipinski definition) is 8. The lowest BCUT2D eigenvalue weighted by Gasteiger charge is -2.52. The lowest BCUT2D eigenvalue weighted by Crippen LogP contribution is -2.71. The number of hydrogen-bond acceptors (Lipinski definition) is 24. The number of carbonyl (C=O) groups excluding carboxylic acids is 3. The van der Waals surface area contributed by atoms with E-state index in [4.69, 9.17) is 61.6 Å². The Morgan fingerprint density at radius 1 is 0.733 bits per heavy atom. The molecule has 27 nitrogen and oxygen atoms in total. The van der Waals surface area contributed by atoms with E-state index in [1.807, 2.05) is 72.8 Å². The van der Waals surface area contributed by atoms with Gasteiger partial charge in [-0.2, -0.15) is 0 Å². The molecule has 8 N–H and O–H groups in total. The third-order valence-electron chi connectivity index (χ3n) is 14.5. The van der Waals surface area contributed by atoms with Gasteiger partial charge in [-0.1, -0.05) is 97.6 Å². The van der Waals surface area contributed by atoms with Crippen molar-refractivity contribution in [2.75, 3.05) is 47.8 Å². The molecule has 0 unspecified atom stereocenters. The zero-order valence-corrected chi connectivity index (χ0v) is 50.8. The summed E-state index contributed by atoms with van der Waals surface area (Å²) in [6.45, 7) is 8.44. The first-order valence-corrected chi connectivity index (χ1v) is 31.9. The molecule has 3 aliphatic rings. The molecule has 3 aromatic rings. The van der Waals surface area contributed by atoms with Crippen molar-refractivity contribution in [2.24, 2.45) is 5.11 Å². The van der Waals surface area contributed by atoms with Crippen LogP contribution in [0, 0.1) is 0 Å². The summed E-state index contributed by atoms with van der Waals surface area (Å²) in [7, 11) is 1.66. The summed E-state index contributed by atoms with van der Waals surface area (Å²) in [5.41, 5.74) is 10.6. The highest BCUT2D eigenvalue weighted by atomic mass is 28.3. The first-order chi connectivity index (χ1) is 40.8. The minimum atomic E-state index is -2.98. The SMILES string of the molecule is COC(=O)[C@@]1(O[C@H]2C[C@](OC[C@H]3O[C@@H](OCC[Si](C)(C)C)[C@H](OCc4ccc(OC)cc4)[C@@H](OCc4ccccc4)[C@@H]3OCc3ccccc3)(C(=O)OC)O[C@@H]([C@H](O)[C@H](O)CO)[C@@H]2NC(=O)OC(C)(C)C)C[C@H](O)[C@@H](N=[N+]=[N-])[C@H]([C@H](O)[C@H](O)CO)O1. The zero-order valence-electron chi connectivity index (χ0n) is 49.8. The van der Waals surface area contributed by atoms with Crippen LogP contribution in [-0.4, -0.2) is 218 Å². The van der Waals surface area contributed by atoms with Crippen molar-refractivity contribution < 1.29 is 112 Å². The Labute approximate surface area is 500 Å². The van der Waals surface area contributed by atoms with Crippen LogP contribution in [0.1, 0.15) is 50.3 Å². The van der Waals surface area contributed by atoms with Crippen LogP contribution in [0.5, 0.6) is 5.75 Å². The third-order valence-corrected chi connectivity index (χ3v) is 16.2. The maximum absolute atomic E-state index is 14.9. The second kappa shape index (κ2) is 31.6. The standard InChI is InChI=1S/C58H84N4O23Si/c1-56(2,3)85-55(72)60-44-41(82-58(54(71)75-6)26-38(65)43(61-62-59)48(84-58)45(68)39(66)28-63)27-57(53(70)74-5,83-49(44)46(69)40(67)29-64)80-33-42-47(77-30-34-16-12-10-13-17-34)50(78-31-35-18-14-11-15-19-35)51(52(81-42)76-24-25-86(7,8)9)79-32-36-20-22-37(73-4)23-21-36/h10-23,38-52,63-69H,24-33H2,1-9H3,(H,60,72)/t38-,39+,40+,41-,42+,43+,44+,45+,46+,47+,48+,49+,50-,51+,52+,57+,58+/m0/s1.